The first-order chi connectivity index (χ1) is 9.33. The zero-order valence-electron chi connectivity index (χ0n) is 16.5. The van der Waals surface area contributed by atoms with Gasteiger partial charge in [0, 0.05) is 0 Å². The molecule has 0 aromatic carbocycles. The van der Waals surface area contributed by atoms with Crippen LogP contribution < -0.4 is 0 Å². The van der Waals surface area contributed by atoms with Crippen molar-refractivity contribution in [2.75, 3.05) is 26.4 Å². The molecular formula is C16H38MoN3S2+. The van der Waals surface area contributed by atoms with Gasteiger partial charge in [0.25, 0.3) is 0 Å². The molecule has 0 radical (unpaired) electrons. The van der Waals surface area contributed by atoms with Crippen molar-refractivity contribution in [1.82, 2.24) is 4.90 Å². The molecular weight excluding hydrogens is 394 g/mol. The molecule has 0 rings (SSSR count). The quantitative estimate of drug-likeness (QED) is 0.466. The first-order valence-corrected chi connectivity index (χ1v) is 9.24. The molecule has 0 aliphatic carbocycles. The first kappa shape index (κ1) is 30.9. The summed E-state index contributed by atoms with van der Waals surface area (Å²) in [5.74, 6) is 0.840. The molecule has 0 bridgehead atoms. The monoisotopic (exact) mass is 434 g/mol. The van der Waals surface area contributed by atoms with Gasteiger partial charge in [0.05, 0.1) is 0 Å². The molecule has 22 heavy (non-hydrogen) atoms. The molecule has 0 saturated heterocycles. The Balaban J connectivity index is -0.0000000986. The zero-order chi connectivity index (χ0) is 19.2. The summed E-state index contributed by atoms with van der Waals surface area (Å²) in [5, 5.41) is 0. The van der Waals surface area contributed by atoms with Crippen molar-refractivity contribution in [3.63, 3.8) is 0 Å². The van der Waals surface area contributed by atoms with Crippen molar-refractivity contribution in [3.05, 3.63) is 5.73 Å². The first-order valence-electron chi connectivity index (χ1n) is 7.36. The fourth-order valence-corrected chi connectivity index (χ4v) is 0.548. The van der Waals surface area contributed by atoms with Crippen LogP contribution >= 0.6 is 0 Å². The second-order valence-electron chi connectivity index (χ2n) is 8.13. The van der Waals surface area contributed by atoms with Gasteiger partial charge in [0.2, 0.25) is 0 Å². The smallest absolute Gasteiger partial charge is 0.0138 e. The molecule has 0 aromatic rings. The van der Waals surface area contributed by atoms with E-state index in [1.54, 1.807) is 19.6 Å². The minimum atomic E-state index is -0.250. The van der Waals surface area contributed by atoms with E-state index in [1.807, 2.05) is 55.6 Å². The Labute approximate surface area is 163 Å². The summed E-state index contributed by atoms with van der Waals surface area (Å²) in [6.07, 6.45) is 0. The van der Waals surface area contributed by atoms with Gasteiger partial charge in [-0.3, -0.25) is 0 Å². The van der Waals surface area contributed by atoms with Gasteiger partial charge in [0.1, 0.15) is 0 Å². The molecule has 0 fully saturated rings. The van der Waals surface area contributed by atoms with Crippen LogP contribution in [0.2, 0.25) is 0 Å². The van der Waals surface area contributed by atoms with Crippen molar-refractivity contribution >= 4 is 25.3 Å². The average molecular weight is 433 g/mol. The predicted molar refractivity (Wildman–Crippen MR) is 104 cm³/mol. The van der Waals surface area contributed by atoms with Crippen molar-refractivity contribution in [1.29, 1.82) is 0 Å². The maximum Gasteiger partial charge on any atom is -0.0138 e. The minimum absolute atomic E-state index is 0.0833. The third-order valence-corrected chi connectivity index (χ3v) is 2.34. The van der Waals surface area contributed by atoms with E-state index in [9.17, 15) is 0 Å². The second-order valence-corrected chi connectivity index (χ2v) is 10.2. The molecule has 134 valence electrons. The molecule has 1 N–H and O–H groups in total. The molecule has 3 nitrogen and oxygen atoms in total. The molecule has 0 aliphatic rings. The molecule has 0 heterocycles. The summed E-state index contributed by atoms with van der Waals surface area (Å²) in [7, 11) is 4.04. The van der Waals surface area contributed by atoms with Gasteiger partial charge in [0.15, 0.2) is 0 Å². The van der Waals surface area contributed by atoms with E-state index in [0.717, 1.165) is 12.3 Å². The third kappa shape index (κ3) is 169. The van der Waals surface area contributed by atoms with Crippen molar-refractivity contribution in [2.24, 2.45) is 3.50 Å². The van der Waals surface area contributed by atoms with Crippen LogP contribution in [0, 0.1) is 0 Å². The SMILES string of the molecule is CC(C)(C)[NH-].CC(C)(C)[N]=[Mo+4].CC(C)(C)[S-].CN(C)CC[S-]. The van der Waals surface area contributed by atoms with Gasteiger partial charge in [-0.2, -0.15) is 10.5 Å². The van der Waals surface area contributed by atoms with Crippen LogP contribution in [0.1, 0.15) is 62.3 Å². The number of rotatable bonds is 2. The second kappa shape index (κ2) is 15.6. The van der Waals surface area contributed by atoms with E-state index >= 15 is 0 Å². The number of nitrogens with one attached hydrogen (secondary N) is 1. The summed E-state index contributed by atoms with van der Waals surface area (Å²) < 4.78 is 4.11. The Morgan fingerprint density at radius 1 is 0.955 bits per heavy atom. The molecule has 0 amide bonds. The van der Waals surface area contributed by atoms with Crippen LogP contribution in [0.15, 0.2) is 3.50 Å². The molecule has 0 aromatic heterocycles. The molecule has 0 saturated carbocycles. The topological polar surface area (TPSA) is 39.4 Å². The largest absolute Gasteiger partial charge is 0.791 e. The maximum absolute atomic E-state index is 6.94. The summed E-state index contributed by atoms with van der Waals surface area (Å²) in [4.78, 5) is 2.08. The van der Waals surface area contributed by atoms with E-state index in [1.165, 1.54) is 0 Å². The van der Waals surface area contributed by atoms with Gasteiger partial charge in [-0.25, -0.2) is 0 Å². The molecule has 0 spiro atoms. The number of nitrogens with zero attached hydrogens (tertiary/aromatic N) is 2. The molecule has 0 atom stereocenters. The van der Waals surface area contributed by atoms with E-state index in [4.69, 9.17) is 18.4 Å². The average Bonchev–Trinajstić information content (AvgIpc) is 2.11. The summed E-state index contributed by atoms with van der Waals surface area (Å²) in [6, 6.07) is 0. The Morgan fingerprint density at radius 3 is 1.14 bits per heavy atom. The van der Waals surface area contributed by atoms with Gasteiger partial charge in [-0.15, -0.1) is 5.54 Å². The van der Waals surface area contributed by atoms with Crippen LogP contribution in [-0.4, -0.2) is 47.1 Å². The number of hydrogen-bond acceptors (Lipinski definition) is 4. The van der Waals surface area contributed by atoms with E-state index < -0.39 is 0 Å². The van der Waals surface area contributed by atoms with Gasteiger partial charge in [-0.1, -0.05) is 41.5 Å². The zero-order valence-corrected chi connectivity index (χ0v) is 20.2. The van der Waals surface area contributed by atoms with Crippen LogP contribution in [0.4, 0.5) is 0 Å². The van der Waals surface area contributed by atoms with Gasteiger partial charge < -0.3 is 35.9 Å². The summed E-state index contributed by atoms with van der Waals surface area (Å²) in [6.45, 7) is 18.8. The Hall–Kier alpha value is 1.11. The van der Waals surface area contributed by atoms with Gasteiger partial charge in [-0.05, 0) is 20.6 Å². The fourth-order valence-electron chi connectivity index (χ4n) is 0.183. The van der Waals surface area contributed by atoms with E-state index in [-0.39, 0.29) is 15.8 Å². The Morgan fingerprint density at radius 2 is 1.14 bits per heavy atom. The van der Waals surface area contributed by atoms with Crippen LogP contribution in [0.25, 0.3) is 5.73 Å². The molecule has 0 unspecified atom stereocenters. The van der Waals surface area contributed by atoms with Crippen molar-refractivity contribution < 1.29 is 19.6 Å². The standard InChI is InChI=1S/C4H11NS.C4H10N.C4H9N.C4H10S.Mo/c1-5(2)3-4-6;3*1-4(2,3)5;/h6H,3-4H2,1-2H3;5H,1-3H3;1-3H3;5H,1-3H3;/q;-1;;;+4/p-2. The van der Waals surface area contributed by atoms with Crippen LogP contribution in [-0.2, 0) is 44.9 Å². The van der Waals surface area contributed by atoms with Crippen molar-refractivity contribution in [3.8, 4) is 0 Å². The van der Waals surface area contributed by atoms with E-state index in [2.05, 4.69) is 41.8 Å². The summed E-state index contributed by atoms with van der Waals surface area (Å²) >= 11 is 11.3. The van der Waals surface area contributed by atoms with E-state index in [0.29, 0.717) is 0 Å². The normalized spacial score (nSPS) is 11.3. The van der Waals surface area contributed by atoms with Crippen molar-refractivity contribution in [2.45, 2.75) is 78.1 Å². The minimum Gasteiger partial charge on any atom is -0.791 e. The molecule has 6 heteroatoms. The molecule has 0 aliphatic heterocycles. The Bertz CT molecular complexity index is 215. The fraction of sp³-hybridized carbons (Fsp3) is 1.00. The van der Waals surface area contributed by atoms with Gasteiger partial charge >= 0.3 is 49.4 Å². The Kier molecular flexibility index (Phi) is 22.0. The van der Waals surface area contributed by atoms with Crippen LogP contribution in [0.3, 0.4) is 0 Å². The maximum atomic E-state index is 6.94. The van der Waals surface area contributed by atoms with Crippen LogP contribution in [0.5, 0.6) is 0 Å². The third-order valence-electron chi connectivity index (χ3n) is 0.812. The predicted octanol–water partition coefficient (Wildman–Crippen LogP) is 4.78. The summed E-state index contributed by atoms with van der Waals surface area (Å²) in [5.41, 5.74) is 6.86. The number of hydrogen-bond donors (Lipinski definition) is 0.